The number of carbonyl (C=O) groups is 3. The van der Waals surface area contributed by atoms with Crippen LogP contribution in [0.2, 0.25) is 0 Å². The second-order valence-corrected chi connectivity index (χ2v) is 3.87. The smallest absolute Gasteiger partial charge is 0.253 e. The van der Waals surface area contributed by atoms with Crippen molar-refractivity contribution in [3.8, 4) is 0 Å². The van der Waals surface area contributed by atoms with Crippen molar-refractivity contribution < 1.29 is 14.4 Å². The van der Waals surface area contributed by atoms with E-state index in [2.05, 4.69) is 17.4 Å². The quantitative estimate of drug-likeness (QED) is 0.368. The molecule has 1 aliphatic heterocycles. The number of imide groups is 1. The summed E-state index contributed by atoms with van der Waals surface area (Å²) in [4.78, 5) is 34.8. The molecule has 1 heterocycles. The van der Waals surface area contributed by atoms with Crippen LogP contribution in [0, 0.1) is 0 Å². The number of hydrazine groups is 1. The number of rotatable bonds is 8. The van der Waals surface area contributed by atoms with Crippen LogP contribution in [0.5, 0.6) is 0 Å². The van der Waals surface area contributed by atoms with E-state index in [1.165, 1.54) is 23.3 Å². The number of carbonyl (C=O) groups excluding carboxylic acids is 3. The molecular weight excluding hydrogens is 234 g/mol. The number of hydrogen-bond acceptors (Lipinski definition) is 4. The van der Waals surface area contributed by atoms with Crippen LogP contribution < -0.4 is 10.9 Å². The zero-order valence-electron chi connectivity index (χ0n) is 10.1. The van der Waals surface area contributed by atoms with Crippen LogP contribution in [0.4, 0.5) is 0 Å². The molecule has 18 heavy (non-hydrogen) atoms. The average molecular weight is 251 g/mol. The number of amides is 3. The molecule has 2 N–H and O–H groups in total. The molecule has 0 fully saturated rings. The van der Waals surface area contributed by atoms with E-state index in [0.717, 1.165) is 6.42 Å². The highest BCUT2D eigenvalue weighted by molar-refractivity contribution is 6.12. The number of hydrogen-bond donors (Lipinski definition) is 2. The highest BCUT2D eigenvalue weighted by atomic mass is 16.2. The highest BCUT2D eigenvalue weighted by Gasteiger charge is 2.22. The van der Waals surface area contributed by atoms with Gasteiger partial charge in [-0.2, -0.15) is 0 Å². The molecule has 0 aliphatic carbocycles. The summed E-state index contributed by atoms with van der Waals surface area (Å²) in [5, 5.41) is 0. The van der Waals surface area contributed by atoms with E-state index in [1.54, 1.807) is 0 Å². The van der Waals surface area contributed by atoms with Crippen LogP contribution in [0.3, 0.4) is 0 Å². The van der Waals surface area contributed by atoms with E-state index in [0.29, 0.717) is 25.8 Å². The fourth-order valence-corrected chi connectivity index (χ4v) is 1.58. The highest BCUT2D eigenvalue weighted by Crippen LogP contribution is 2.07. The van der Waals surface area contributed by atoms with Crippen molar-refractivity contribution in [1.82, 2.24) is 15.8 Å². The summed E-state index contributed by atoms with van der Waals surface area (Å²) in [6.45, 7) is 3.81. The summed E-state index contributed by atoms with van der Waals surface area (Å²) in [6.07, 6.45) is 6.55. The zero-order chi connectivity index (χ0) is 13.4. The Kier molecular flexibility index (Phi) is 5.63. The van der Waals surface area contributed by atoms with Gasteiger partial charge in [0.05, 0.1) is 0 Å². The van der Waals surface area contributed by atoms with Crippen molar-refractivity contribution in [2.45, 2.75) is 25.7 Å². The van der Waals surface area contributed by atoms with Gasteiger partial charge in [-0.1, -0.05) is 13.0 Å². The van der Waals surface area contributed by atoms with Crippen LogP contribution in [-0.4, -0.2) is 29.2 Å². The van der Waals surface area contributed by atoms with Gasteiger partial charge >= 0.3 is 0 Å². The summed E-state index contributed by atoms with van der Waals surface area (Å²) >= 11 is 0. The molecule has 6 heteroatoms. The van der Waals surface area contributed by atoms with Gasteiger partial charge in [0.2, 0.25) is 5.91 Å². The normalized spacial score (nSPS) is 13.9. The second-order valence-electron chi connectivity index (χ2n) is 3.87. The SMILES string of the molecule is C=CNNC(=O)CCCCCN1C(=O)C=CC1=O. The molecule has 6 nitrogen and oxygen atoms in total. The lowest BCUT2D eigenvalue weighted by Gasteiger charge is -2.12. The second kappa shape index (κ2) is 7.26. The first kappa shape index (κ1) is 14.0. The van der Waals surface area contributed by atoms with Crippen molar-refractivity contribution >= 4 is 17.7 Å². The van der Waals surface area contributed by atoms with Crippen LogP contribution in [0.25, 0.3) is 0 Å². The van der Waals surface area contributed by atoms with Gasteiger partial charge < -0.3 is 5.43 Å². The Morgan fingerprint density at radius 1 is 1.22 bits per heavy atom. The molecule has 0 bridgehead atoms. The summed E-state index contributed by atoms with van der Waals surface area (Å²) < 4.78 is 0. The molecule has 0 saturated carbocycles. The summed E-state index contributed by atoms with van der Waals surface area (Å²) in [6, 6.07) is 0. The standard InChI is InChI=1S/C12H17N3O3/c1-2-13-14-10(16)6-4-3-5-9-15-11(17)7-8-12(15)18/h2,7-8,13H,1,3-6,9H2,(H,14,16). The van der Waals surface area contributed by atoms with Gasteiger partial charge in [-0.15, -0.1) is 0 Å². The molecule has 0 aromatic carbocycles. The van der Waals surface area contributed by atoms with E-state index in [4.69, 9.17) is 0 Å². The van der Waals surface area contributed by atoms with Crippen molar-refractivity contribution in [2.24, 2.45) is 0 Å². The Morgan fingerprint density at radius 3 is 2.50 bits per heavy atom. The van der Waals surface area contributed by atoms with Crippen LogP contribution >= 0.6 is 0 Å². The molecule has 1 rings (SSSR count). The number of nitrogens with one attached hydrogen (secondary N) is 2. The maximum Gasteiger partial charge on any atom is 0.253 e. The van der Waals surface area contributed by atoms with E-state index in [9.17, 15) is 14.4 Å². The van der Waals surface area contributed by atoms with Crippen molar-refractivity contribution in [2.75, 3.05) is 6.54 Å². The van der Waals surface area contributed by atoms with Gasteiger partial charge in [0.25, 0.3) is 11.8 Å². The first-order valence-electron chi connectivity index (χ1n) is 5.84. The third-order valence-corrected chi connectivity index (χ3v) is 2.50. The molecule has 0 radical (unpaired) electrons. The largest absolute Gasteiger partial charge is 0.307 e. The van der Waals surface area contributed by atoms with E-state index >= 15 is 0 Å². The Bertz CT molecular complexity index is 359. The molecule has 0 unspecified atom stereocenters. The molecular formula is C12H17N3O3. The molecule has 0 aromatic heterocycles. The van der Waals surface area contributed by atoms with Gasteiger partial charge in [-0.3, -0.25) is 24.7 Å². The Morgan fingerprint density at radius 2 is 1.89 bits per heavy atom. The van der Waals surface area contributed by atoms with Crippen LogP contribution in [0.15, 0.2) is 24.9 Å². The maximum atomic E-state index is 11.2. The lowest BCUT2D eigenvalue weighted by atomic mass is 10.2. The fourth-order valence-electron chi connectivity index (χ4n) is 1.58. The van der Waals surface area contributed by atoms with Crippen LogP contribution in [0.1, 0.15) is 25.7 Å². The van der Waals surface area contributed by atoms with Gasteiger partial charge in [0.15, 0.2) is 0 Å². The number of nitrogens with zero attached hydrogens (tertiary/aromatic N) is 1. The van der Waals surface area contributed by atoms with Crippen LogP contribution in [-0.2, 0) is 14.4 Å². The van der Waals surface area contributed by atoms with Crippen molar-refractivity contribution in [1.29, 1.82) is 0 Å². The van der Waals surface area contributed by atoms with E-state index < -0.39 is 0 Å². The Hall–Kier alpha value is -2.11. The van der Waals surface area contributed by atoms with Gasteiger partial charge in [-0.05, 0) is 12.8 Å². The van der Waals surface area contributed by atoms with Gasteiger partial charge in [0, 0.05) is 31.3 Å². The summed E-state index contributed by atoms with van der Waals surface area (Å²) in [5.74, 6) is -0.620. The molecule has 0 atom stereocenters. The minimum absolute atomic E-state index is 0.107. The molecule has 98 valence electrons. The molecule has 0 saturated heterocycles. The molecule has 0 aromatic rings. The van der Waals surface area contributed by atoms with E-state index in [1.807, 2.05) is 0 Å². The number of unbranched alkanes of at least 4 members (excludes halogenated alkanes) is 2. The minimum Gasteiger partial charge on any atom is -0.307 e. The Labute approximate surface area is 106 Å². The van der Waals surface area contributed by atoms with E-state index in [-0.39, 0.29) is 17.7 Å². The monoisotopic (exact) mass is 251 g/mol. The Balaban J connectivity index is 2.05. The van der Waals surface area contributed by atoms with Crippen molar-refractivity contribution in [3.63, 3.8) is 0 Å². The maximum absolute atomic E-state index is 11.2. The molecule has 3 amide bonds. The summed E-state index contributed by atoms with van der Waals surface area (Å²) in [7, 11) is 0. The first-order valence-corrected chi connectivity index (χ1v) is 5.84. The molecule has 1 aliphatic rings. The first-order chi connectivity index (χ1) is 8.65. The molecule has 0 spiro atoms. The minimum atomic E-state index is -0.257. The van der Waals surface area contributed by atoms with Gasteiger partial charge in [-0.25, -0.2) is 0 Å². The third-order valence-electron chi connectivity index (χ3n) is 2.50. The predicted molar refractivity (Wildman–Crippen MR) is 65.8 cm³/mol. The summed E-state index contributed by atoms with van der Waals surface area (Å²) in [5.41, 5.74) is 4.95. The topological polar surface area (TPSA) is 78.5 Å². The van der Waals surface area contributed by atoms with Crippen molar-refractivity contribution in [3.05, 3.63) is 24.9 Å². The zero-order valence-corrected chi connectivity index (χ0v) is 10.1. The predicted octanol–water partition coefficient (Wildman–Crippen LogP) is 0.236. The lowest BCUT2D eigenvalue weighted by Crippen LogP contribution is -2.33. The fraction of sp³-hybridized carbons (Fsp3) is 0.417. The third kappa shape index (κ3) is 4.40. The average Bonchev–Trinajstić information content (AvgIpc) is 2.67. The lowest BCUT2D eigenvalue weighted by molar-refractivity contribution is -0.137. The van der Waals surface area contributed by atoms with Gasteiger partial charge in [0.1, 0.15) is 0 Å².